The smallest absolute Gasteiger partial charge is 0.120 e. The van der Waals surface area contributed by atoms with Crippen LogP contribution in [0.3, 0.4) is 0 Å². The van der Waals surface area contributed by atoms with Crippen LogP contribution in [0, 0.1) is 13.8 Å². The minimum absolute atomic E-state index is 0.135. The zero-order valence-electron chi connectivity index (χ0n) is 22.6. The van der Waals surface area contributed by atoms with Crippen molar-refractivity contribution in [1.29, 1.82) is 0 Å². The lowest BCUT2D eigenvalue weighted by atomic mass is 9.96. The molecule has 0 spiro atoms. The fraction of sp³-hybridized carbons (Fsp3) is 0.294. The summed E-state index contributed by atoms with van der Waals surface area (Å²) in [6.07, 6.45) is -0.636. The molecule has 5 heteroatoms. The highest BCUT2D eigenvalue weighted by molar-refractivity contribution is 5.44. The number of rotatable bonds is 11. The first-order valence-corrected chi connectivity index (χ1v) is 13.6. The molecule has 4 aromatic rings. The van der Waals surface area contributed by atoms with Crippen LogP contribution in [0.4, 0.5) is 0 Å². The Morgan fingerprint density at radius 2 is 1.13 bits per heavy atom. The van der Waals surface area contributed by atoms with Gasteiger partial charge in [0.05, 0.1) is 38.5 Å². The predicted octanol–water partition coefficient (Wildman–Crippen LogP) is 6.41. The van der Waals surface area contributed by atoms with Crippen LogP contribution in [-0.4, -0.2) is 30.0 Å². The normalized spacial score (nSPS) is 20.8. The molecule has 0 aliphatic carbocycles. The number of aromatic hydroxyl groups is 1. The minimum Gasteiger partial charge on any atom is -0.508 e. The summed E-state index contributed by atoms with van der Waals surface area (Å²) in [5.41, 5.74) is 6.30. The monoisotopic (exact) mass is 523 g/mol. The highest BCUT2D eigenvalue weighted by Gasteiger charge is 2.46. The zero-order valence-corrected chi connectivity index (χ0v) is 22.6. The van der Waals surface area contributed by atoms with Crippen molar-refractivity contribution < 1.29 is 19.3 Å². The maximum atomic E-state index is 11.0. The highest BCUT2D eigenvalue weighted by Crippen LogP contribution is 2.38. The molecule has 4 aromatic carbocycles. The van der Waals surface area contributed by atoms with Crippen LogP contribution in [0.25, 0.3) is 0 Å². The van der Waals surface area contributed by atoms with E-state index in [4.69, 9.17) is 14.2 Å². The van der Waals surface area contributed by atoms with Crippen molar-refractivity contribution in [3.05, 3.63) is 137 Å². The lowest BCUT2D eigenvalue weighted by Crippen LogP contribution is -2.39. The molecule has 202 valence electrons. The largest absolute Gasteiger partial charge is 0.508 e. The molecular formula is C34H37NO4. The van der Waals surface area contributed by atoms with E-state index in [1.807, 2.05) is 67.6 Å². The highest BCUT2D eigenvalue weighted by atomic mass is 16.5. The molecule has 5 rings (SSSR count). The standard InChI is InChI=1S/C34H37NO4/c1-24-18-29(31(36)19-25(24)2)32-34(39-22-28-16-10-5-11-17-28)33(38-21-27-14-8-4-9-15-27)30(35-32)23-37-20-26-12-6-3-7-13-26/h3-19,30,32-36H,20-23H2,1-2H3/t30-,32-,33+,34-/m0/s1. The summed E-state index contributed by atoms with van der Waals surface area (Å²) in [5, 5.41) is 14.7. The minimum atomic E-state index is -0.341. The van der Waals surface area contributed by atoms with Gasteiger partial charge in [-0.1, -0.05) is 97.1 Å². The predicted molar refractivity (Wildman–Crippen MR) is 153 cm³/mol. The second-order valence-electron chi connectivity index (χ2n) is 10.3. The molecular weight excluding hydrogens is 486 g/mol. The number of phenols is 1. The summed E-state index contributed by atoms with van der Waals surface area (Å²) in [7, 11) is 0. The lowest BCUT2D eigenvalue weighted by Gasteiger charge is -2.27. The molecule has 0 amide bonds. The number of aryl methyl sites for hydroxylation is 2. The molecule has 1 heterocycles. The Morgan fingerprint density at radius 3 is 1.69 bits per heavy atom. The van der Waals surface area contributed by atoms with Gasteiger partial charge >= 0.3 is 0 Å². The number of benzene rings is 4. The quantitative estimate of drug-likeness (QED) is 0.238. The first-order valence-electron chi connectivity index (χ1n) is 13.6. The van der Waals surface area contributed by atoms with Crippen LogP contribution >= 0.6 is 0 Å². The Bertz CT molecular complexity index is 1310. The Labute approximate surface area is 231 Å². The van der Waals surface area contributed by atoms with E-state index in [0.29, 0.717) is 26.4 Å². The van der Waals surface area contributed by atoms with Crippen molar-refractivity contribution in [2.24, 2.45) is 0 Å². The van der Waals surface area contributed by atoms with Gasteiger partial charge in [-0.3, -0.25) is 0 Å². The summed E-state index contributed by atoms with van der Waals surface area (Å²) in [4.78, 5) is 0. The molecule has 1 aliphatic heterocycles. The van der Waals surface area contributed by atoms with Crippen molar-refractivity contribution in [3.8, 4) is 5.75 Å². The summed E-state index contributed by atoms with van der Waals surface area (Å²) in [5.74, 6) is 0.261. The lowest BCUT2D eigenvalue weighted by molar-refractivity contribution is -0.0862. The van der Waals surface area contributed by atoms with E-state index < -0.39 is 0 Å². The molecule has 2 N–H and O–H groups in total. The van der Waals surface area contributed by atoms with Crippen LogP contribution in [-0.2, 0) is 34.0 Å². The van der Waals surface area contributed by atoms with Gasteiger partial charge in [-0.25, -0.2) is 0 Å². The first kappa shape index (κ1) is 27.1. The number of hydrogen-bond donors (Lipinski definition) is 2. The van der Waals surface area contributed by atoms with Crippen LogP contribution in [0.15, 0.2) is 103 Å². The summed E-state index contributed by atoms with van der Waals surface area (Å²) in [6.45, 7) is 5.94. The second kappa shape index (κ2) is 13.0. The maximum Gasteiger partial charge on any atom is 0.120 e. The average Bonchev–Trinajstić information content (AvgIpc) is 3.31. The van der Waals surface area contributed by atoms with Crippen LogP contribution in [0.1, 0.15) is 39.4 Å². The van der Waals surface area contributed by atoms with E-state index in [1.54, 1.807) is 0 Å². The third-order valence-corrected chi connectivity index (χ3v) is 7.40. The summed E-state index contributed by atoms with van der Waals surface area (Å²) < 4.78 is 19.4. The van der Waals surface area contributed by atoms with Crippen molar-refractivity contribution in [2.75, 3.05) is 6.61 Å². The fourth-order valence-corrected chi connectivity index (χ4v) is 5.13. The molecule has 0 unspecified atom stereocenters. The van der Waals surface area contributed by atoms with Gasteiger partial charge in [-0.2, -0.15) is 0 Å². The third-order valence-electron chi connectivity index (χ3n) is 7.40. The molecule has 0 aromatic heterocycles. The molecule has 4 atom stereocenters. The molecule has 0 saturated carbocycles. The Balaban J connectivity index is 1.42. The Hall–Kier alpha value is -3.48. The number of phenolic OH excluding ortho intramolecular Hbond substituents is 1. The molecule has 0 radical (unpaired) electrons. The van der Waals surface area contributed by atoms with Gasteiger partial charge in [0, 0.05) is 5.56 Å². The number of nitrogens with one attached hydrogen (secondary N) is 1. The van der Waals surface area contributed by atoms with E-state index in [9.17, 15) is 5.11 Å². The van der Waals surface area contributed by atoms with E-state index in [1.165, 1.54) is 0 Å². The van der Waals surface area contributed by atoms with Gasteiger partial charge in [0.15, 0.2) is 0 Å². The van der Waals surface area contributed by atoms with Gasteiger partial charge in [-0.05, 0) is 47.7 Å². The van der Waals surface area contributed by atoms with Crippen molar-refractivity contribution >= 4 is 0 Å². The molecule has 39 heavy (non-hydrogen) atoms. The molecule has 1 fully saturated rings. The van der Waals surface area contributed by atoms with E-state index in [2.05, 4.69) is 54.7 Å². The van der Waals surface area contributed by atoms with Crippen molar-refractivity contribution in [2.45, 2.75) is 58.0 Å². The summed E-state index contributed by atoms with van der Waals surface area (Å²) in [6, 6.07) is 34.0. The van der Waals surface area contributed by atoms with Gasteiger partial charge in [0.1, 0.15) is 18.0 Å². The number of ether oxygens (including phenoxy) is 3. The van der Waals surface area contributed by atoms with Gasteiger partial charge in [0.2, 0.25) is 0 Å². The third kappa shape index (κ3) is 6.94. The maximum absolute atomic E-state index is 11.0. The first-order chi connectivity index (χ1) is 19.1. The number of hydrogen-bond acceptors (Lipinski definition) is 5. The Morgan fingerprint density at radius 1 is 0.641 bits per heavy atom. The fourth-order valence-electron chi connectivity index (χ4n) is 5.13. The van der Waals surface area contributed by atoms with Gasteiger partial charge < -0.3 is 24.6 Å². The zero-order chi connectivity index (χ0) is 27.0. The molecule has 1 aliphatic rings. The SMILES string of the molecule is Cc1cc(O)c([C@@H]2N[C@@H](COCc3ccccc3)[C@@H](OCc3ccccc3)[C@H]2OCc2ccccc2)cc1C. The van der Waals surface area contributed by atoms with E-state index in [0.717, 1.165) is 33.4 Å². The van der Waals surface area contributed by atoms with Crippen LogP contribution in [0.2, 0.25) is 0 Å². The second-order valence-corrected chi connectivity index (χ2v) is 10.3. The summed E-state index contributed by atoms with van der Waals surface area (Å²) >= 11 is 0. The molecule has 5 nitrogen and oxygen atoms in total. The van der Waals surface area contributed by atoms with Gasteiger partial charge in [-0.15, -0.1) is 0 Å². The van der Waals surface area contributed by atoms with Crippen molar-refractivity contribution in [3.63, 3.8) is 0 Å². The van der Waals surface area contributed by atoms with Gasteiger partial charge in [0.25, 0.3) is 0 Å². The topological polar surface area (TPSA) is 60.0 Å². The van der Waals surface area contributed by atoms with Crippen LogP contribution < -0.4 is 5.32 Å². The van der Waals surface area contributed by atoms with Crippen LogP contribution in [0.5, 0.6) is 5.75 Å². The Kier molecular flexibility index (Phi) is 9.07. The van der Waals surface area contributed by atoms with Crippen molar-refractivity contribution in [1.82, 2.24) is 5.32 Å². The molecule has 0 bridgehead atoms. The van der Waals surface area contributed by atoms with E-state index >= 15 is 0 Å². The average molecular weight is 524 g/mol. The molecule has 1 saturated heterocycles. The van der Waals surface area contributed by atoms with E-state index in [-0.39, 0.29) is 30.0 Å².